The molecule has 0 aliphatic carbocycles. The van der Waals surface area contributed by atoms with E-state index in [0.717, 1.165) is 18.7 Å². The van der Waals surface area contributed by atoms with Gasteiger partial charge in [-0.1, -0.05) is 5.16 Å². The Hall–Kier alpha value is -2.78. The van der Waals surface area contributed by atoms with Gasteiger partial charge in [-0.3, -0.25) is 9.88 Å². The van der Waals surface area contributed by atoms with Gasteiger partial charge in [0.1, 0.15) is 0 Å². The number of hydrogen-bond acceptors (Lipinski definition) is 7. The van der Waals surface area contributed by atoms with Gasteiger partial charge in [-0.05, 0) is 23.6 Å². The lowest BCUT2D eigenvalue weighted by Crippen LogP contribution is -2.49. The lowest BCUT2D eigenvalue weighted by Gasteiger charge is -2.33. The fourth-order valence-electron chi connectivity index (χ4n) is 2.77. The van der Waals surface area contributed by atoms with Crippen LogP contribution in [0.25, 0.3) is 11.4 Å². The van der Waals surface area contributed by atoms with Crippen molar-refractivity contribution in [1.29, 1.82) is 0 Å². The molecule has 0 saturated carbocycles. The lowest BCUT2D eigenvalue weighted by molar-refractivity contribution is 0.133. The van der Waals surface area contributed by atoms with Gasteiger partial charge in [0, 0.05) is 43.3 Å². The molecule has 2 amide bonds. The molecule has 134 valence electrons. The summed E-state index contributed by atoms with van der Waals surface area (Å²) in [6, 6.07) is 5.48. The molecule has 3 aromatic heterocycles. The van der Waals surface area contributed by atoms with Crippen LogP contribution in [-0.2, 0) is 6.54 Å². The topological polar surface area (TPSA) is 87.4 Å². The van der Waals surface area contributed by atoms with Crippen LogP contribution in [0, 0.1) is 0 Å². The number of amides is 2. The van der Waals surface area contributed by atoms with E-state index in [9.17, 15) is 4.79 Å². The number of anilines is 1. The van der Waals surface area contributed by atoms with Gasteiger partial charge in [0.25, 0.3) is 0 Å². The monoisotopic (exact) mass is 370 g/mol. The normalized spacial score (nSPS) is 15.2. The summed E-state index contributed by atoms with van der Waals surface area (Å²) in [5.41, 5.74) is 1.67. The molecule has 0 bridgehead atoms. The molecule has 1 N–H and O–H groups in total. The Kier molecular flexibility index (Phi) is 4.89. The van der Waals surface area contributed by atoms with Gasteiger partial charge in [0.2, 0.25) is 11.7 Å². The van der Waals surface area contributed by atoms with E-state index in [0.29, 0.717) is 37.0 Å². The fraction of sp³-hybridized carbons (Fsp3) is 0.294. The van der Waals surface area contributed by atoms with Gasteiger partial charge in [0.15, 0.2) is 0 Å². The van der Waals surface area contributed by atoms with Crippen molar-refractivity contribution in [1.82, 2.24) is 24.9 Å². The van der Waals surface area contributed by atoms with E-state index in [-0.39, 0.29) is 6.03 Å². The summed E-state index contributed by atoms with van der Waals surface area (Å²) in [6.45, 7) is 3.41. The van der Waals surface area contributed by atoms with Gasteiger partial charge in [0.05, 0.1) is 18.4 Å². The number of piperazine rings is 1. The molecular weight excluding hydrogens is 352 g/mol. The number of pyridine rings is 1. The highest BCUT2D eigenvalue weighted by Crippen LogP contribution is 2.19. The van der Waals surface area contributed by atoms with Crippen molar-refractivity contribution in [2.24, 2.45) is 0 Å². The zero-order valence-corrected chi connectivity index (χ0v) is 14.9. The first kappa shape index (κ1) is 16.7. The molecule has 26 heavy (non-hydrogen) atoms. The first-order valence-corrected chi connectivity index (χ1v) is 9.26. The number of urea groups is 1. The van der Waals surface area contributed by atoms with Crippen LogP contribution in [0.4, 0.5) is 10.5 Å². The van der Waals surface area contributed by atoms with Crippen LogP contribution in [0.1, 0.15) is 5.89 Å². The molecule has 0 radical (unpaired) electrons. The van der Waals surface area contributed by atoms with E-state index in [2.05, 4.69) is 25.3 Å². The molecule has 3 aromatic rings. The first-order valence-electron chi connectivity index (χ1n) is 8.31. The average Bonchev–Trinajstić information content (AvgIpc) is 3.35. The fourth-order valence-corrected chi connectivity index (χ4v) is 3.40. The number of thiophene rings is 1. The minimum atomic E-state index is -0.102. The summed E-state index contributed by atoms with van der Waals surface area (Å²) in [5, 5.41) is 10.9. The molecule has 1 aliphatic rings. The zero-order chi connectivity index (χ0) is 17.8. The maximum Gasteiger partial charge on any atom is 0.321 e. The summed E-state index contributed by atoms with van der Waals surface area (Å²) in [5.74, 6) is 1.22. The van der Waals surface area contributed by atoms with Crippen LogP contribution >= 0.6 is 11.3 Å². The molecular formula is C17H18N6O2S. The number of carbonyl (C=O) groups is 1. The Bertz CT molecular complexity index is 843. The van der Waals surface area contributed by atoms with Crippen molar-refractivity contribution in [3.05, 3.63) is 47.2 Å². The molecule has 1 aliphatic heterocycles. The molecule has 0 atom stereocenters. The summed E-state index contributed by atoms with van der Waals surface area (Å²) >= 11 is 1.60. The van der Waals surface area contributed by atoms with E-state index < -0.39 is 0 Å². The number of aromatic nitrogens is 3. The minimum Gasteiger partial charge on any atom is -0.338 e. The second-order valence-electron chi connectivity index (χ2n) is 5.96. The summed E-state index contributed by atoms with van der Waals surface area (Å²) in [4.78, 5) is 24.7. The summed E-state index contributed by atoms with van der Waals surface area (Å²) < 4.78 is 5.35. The molecule has 0 spiro atoms. The van der Waals surface area contributed by atoms with Crippen molar-refractivity contribution >= 4 is 23.1 Å². The van der Waals surface area contributed by atoms with Crippen molar-refractivity contribution in [2.75, 3.05) is 31.5 Å². The minimum absolute atomic E-state index is 0.102. The molecule has 0 aromatic carbocycles. The highest BCUT2D eigenvalue weighted by atomic mass is 32.1. The highest BCUT2D eigenvalue weighted by molar-refractivity contribution is 7.08. The van der Waals surface area contributed by atoms with Gasteiger partial charge in [-0.15, -0.1) is 0 Å². The molecule has 4 rings (SSSR count). The molecule has 8 nitrogen and oxygen atoms in total. The number of carbonyl (C=O) groups excluding carboxylic acids is 1. The third-order valence-corrected chi connectivity index (χ3v) is 4.86. The van der Waals surface area contributed by atoms with Crippen molar-refractivity contribution in [2.45, 2.75) is 6.54 Å². The van der Waals surface area contributed by atoms with Crippen molar-refractivity contribution < 1.29 is 9.32 Å². The predicted octanol–water partition coefficient (Wildman–Crippen LogP) is 2.54. The summed E-state index contributed by atoms with van der Waals surface area (Å²) in [6.07, 6.45) is 3.31. The van der Waals surface area contributed by atoms with Crippen LogP contribution in [-0.4, -0.2) is 57.1 Å². The summed E-state index contributed by atoms with van der Waals surface area (Å²) in [7, 11) is 0. The van der Waals surface area contributed by atoms with Crippen LogP contribution in [0.5, 0.6) is 0 Å². The van der Waals surface area contributed by atoms with E-state index in [4.69, 9.17) is 4.52 Å². The molecule has 0 unspecified atom stereocenters. The van der Waals surface area contributed by atoms with Gasteiger partial charge >= 0.3 is 6.03 Å². The Balaban J connectivity index is 1.28. The molecule has 1 fully saturated rings. The van der Waals surface area contributed by atoms with Crippen LogP contribution < -0.4 is 5.32 Å². The largest absolute Gasteiger partial charge is 0.338 e. The highest BCUT2D eigenvalue weighted by Gasteiger charge is 2.22. The standard InChI is InChI=1S/C17H18N6O2S/c24-17(19-14-2-1-4-18-10-14)23-7-5-22(6-8-23)11-15-20-16(21-25-15)13-3-9-26-12-13/h1-4,9-10,12H,5-8,11H2,(H,19,24). The Morgan fingerprint density at radius 1 is 1.27 bits per heavy atom. The molecule has 1 saturated heterocycles. The van der Waals surface area contributed by atoms with Crippen molar-refractivity contribution in [3.8, 4) is 11.4 Å². The maximum atomic E-state index is 12.3. The third-order valence-electron chi connectivity index (χ3n) is 4.18. The Morgan fingerprint density at radius 2 is 2.15 bits per heavy atom. The van der Waals surface area contributed by atoms with Crippen LogP contribution in [0.15, 0.2) is 45.9 Å². The van der Waals surface area contributed by atoms with E-state index in [1.54, 1.807) is 34.7 Å². The number of hydrogen-bond donors (Lipinski definition) is 1. The SMILES string of the molecule is O=C(Nc1cccnc1)N1CCN(Cc2nc(-c3ccsc3)no2)CC1. The second-order valence-corrected chi connectivity index (χ2v) is 6.74. The predicted molar refractivity (Wildman–Crippen MR) is 97.7 cm³/mol. The van der Waals surface area contributed by atoms with Crippen molar-refractivity contribution in [3.63, 3.8) is 0 Å². The van der Waals surface area contributed by atoms with E-state index in [1.165, 1.54) is 0 Å². The Labute approximate surface area is 154 Å². The smallest absolute Gasteiger partial charge is 0.321 e. The molecule has 9 heteroatoms. The van der Waals surface area contributed by atoms with Gasteiger partial charge < -0.3 is 14.7 Å². The van der Waals surface area contributed by atoms with Crippen LogP contribution in [0.3, 0.4) is 0 Å². The number of nitrogens with zero attached hydrogens (tertiary/aromatic N) is 5. The molecule has 4 heterocycles. The quantitative estimate of drug-likeness (QED) is 0.759. The lowest BCUT2D eigenvalue weighted by atomic mass is 10.3. The number of nitrogens with one attached hydrogen (secondary N) is 1. The third kappa shape index (κ3) is 3.89. The zero-order valence-electron chi connectivity index (χ0n) is 14.0. The average molecular weight is 370 g/mol. The number of rotatable bonds is 4. The van der Waals surface area contributed by atoms with Crippen LogP contribution in [0.2, 0.25) is 0 Å². The van der Waals surface area contributed by atoms with Gasteiger partial charge in [-0.25, -0.2) is 4.79 Å². The van der Waals surface area contributed by atoms with E-state index in [1.807, 2.05) is 22.9 Å². The van der Waals surface area contributed by atoms with Gasteiger partial charge in [-0.2, -0.15) is 16.3 Å². The maximum absolute atomic E-state index is 12.3. The second kappa shape index (κ2) is 7.63. The Morgan fingerprint density at radius 3 is 2.88 bits per heavy atom. The first-order chi connectivity index (χ1) is 12.8. The van der Waals surface area contributed by atoms with E-state index >= 15 is 0 Å².